The fourth-order valence-electron chi connectivity index (χ4n) is 5.82. The van der Waals surface area contributed by atoms with Crippen LogP contribution in [0.15, 0.2) is 12.3 Å². The Bertz CT molecular complexity index is 757. The van der Waals surface area contributed by atoms with Crippen molar-refractivity contribution >= 4 is 5.82 Å². The number of rotatable bonds is 3. The molecule has 4 N–H and O–H groups in total. The van der Waals surface area contributed by atoms with Crippen molar-refractivity contribution in [1.82, 2.24) is 9.88 Å². The standard InChI is InChI=1S/C20H29F4N5/c1-12-7-28(8-13(2)29(12)11-20(22,23)24)17-16(21)3-14(6-27-17)19(26)9-18(10-19)4-15(25)5-18/h3,6,12-13,15H,4-5,7-11,25-26H2,1-2H3. The Kier molecular flexibility index (Phi) is 4.87. The summed E-state index contributed by atoms with van der Waals surface area (Å²) in [6.07, 6.45) is 0.892. The van der Waals surface area contributed by atoms with Gasteiger partial charge in [0.2, 0.25) is 0 Å². The van der Waals surface area contributed by atoms with Crippen molar-refractivity contribution in [2.45, 2.75) is 69.4 Å². The summed E-state index contributed by atoms with van der Waals surface area (Å²) in [6, 6.07) is 0.968. The van der Waals surface area contributed by atoms with Gasteiger partial charge in [0.15, 0.2) is 11.6 Å². The second kappa shape index (κ2) is 6.78. The molecular formula is C20H29F4N5. The van der Waals surface area contributed by atoms with Crippen molar-refractivity contribution < 1.29 is 17.6 Å². The van der Waals surface area contributed by atoms with Gasteiger partial charge in [-0.3, -0.25) is 4.90 Å². The lowest BCUT2D eigenvalue weighted by Gasteiger charge is -2.61. The van der Waals surface area contributed by atoms with Gasteiger partial charge >= 0.3 is 6.18 Å². The monoisotopic (exact) mass is 415 g/mol. The zero-order valence-corrected chi connectivity index (χ0v) is 16.8. The highest BCUT2D eigenvalue weighted by molar-refractivity contribution is 5.44. The van der Waals surface area contributed by atoms with Gasteiger partial charge in [-0.1, -0.05) is 0 Å². The summed E-state index contributed by atoms with van der Waals surface area (Å²) in [5.41, 5.74) is 12.7. The summed E-state index contributed by atoms with van der Waals surface area (Å²) in [4.78, 5) is 7.48. The van der Waals surface area contributed by atoms with Crippen LogP contribution in [0.4, 0.5) is 23.4 Å². The Morgan fingerprint density at radius 3 is 2.24 bits per heavy atom. The first-order valence-corrected chi connectivity index (χ1v) is 10.2. The number of anilines is 1. The topological polar surface area (TPSA) is 71.4 Å². The average Bonchev–Trinajstić information content (AvgIpc) is 2.54. The third-order valence-corrected chi connectivity index (χ3v) is 6.93. The summed E-state index contributed by atoms with van der Waals surface area (Å²) in [6.45, 7) is 3.08. The maximum Gasteiger partial charge on any atom is 0.401 e. The molecule has 3 fully saturated rings. The Balaban J connectivity index is 1.45. The molecule has 1 aromatic heterocycles. The summed E-state index contributed by atoms with van der Waals surface area (Å²) in [5.74, 6) is -0.287. The largest absolute Gasteiger partial charge is 0.401 e. The summed E-state index contributed by atoms with van der Waals surface area (Å²) in [7, 11) is 0. The second-order valence-electron chi connectivity index (χ2n) is 9.60. The summed E-state index contributed by atoms with van der Waals surface area (Å²) in [5, 5.41) is 0. The molecule has 2 saturated carbocycles. The number of alkyl halides is 3. The molecule has 2 atom stereocenters. The van der Waals surface area contributed by atoms with E-state index in [1.807, 2.05) is 0 Å². The van der Waals surface area contributed by atoms with Crippen LogP contribution in [0.25, 0.3) is 0 Å². The molecule has 1 spiro atoms. The van der Waals surface area contributed by atoms with E-state index in [4.69, 9.17) is 11.5 Å². The van der Waals surface area contributed by atoms with E-state index in [2.05, 4.69) is 4.98 Å². The predicted molar refractivity (Wildman–Crippen MR) is 103 cm³/mol. The predicted octanol–water partition coefficient (Wildman–Crippen LogP) is 2.74. The molecule has 4 rings (SSSR count). The van der Waals surface area contributed by atoms with Crippen LogP contribution in [0, 0.1) is 11.2 Å². The van der Waals surface area contributed by atoms with Crippen molar-refractivity contribution in [2.75, 3.05) is 24.5 Å². The minimum absolute atomic E-state index is 0.183. The Morgan fingerprint density at radius 1 is 1.17 bits per heavy atom. The molecule has 2 aliphatic carbocycles. The first-order valence-electron chi connectivity index (χ1n) is 10.2. The maximum atomic E-state index is 14.9. The second-order valence-corrected chi connectivity index (χ2v) is 9.60. The van der Waals surface area contributed by atoms with Gasteiger partial charge in [0.1, 0.15) is 0 Å². The SMILES string of the molecule is CC1CN(c2ncc(C3(N)CC4(CC(N)C4)C3)cc2F)CC(C)N1CC(F)(F)F. The number of piperazine rings is 1. The van der Waals surface area contributed by atoms with Gasteiger partial charge in [0, 0.05) is 43.0 Å². The molecular weight excluding hydrogens is 386 g/mol. The lowest BCUT2D eigenvalue weighted by atomic mass is 9.46. The summed E-state index contributed by atoms with van der Waals surface area (Å²) >= 11 is 0. The van der Waals surface area contributed by atoms with Crippen LogP contribution < -0.4 is 16.4 Å². The molecule has 0 amide bonds. The molecule has 29 heavy (non-hydrogen) atoms. The van der Waals surface area contributed by atoms with Gasteiger partial charge in [-0.05, 0) is 56.6 Å². The molecule has 2 heterocycles. The number of pyridine rings is 1. The van der Waals surface area contributed by atoms with E-state index >= 15 is 0 Å². The van der Waals surface area contributed by atoms with E-state index in [0.29, 0.717) is 18.7 Å². The highest BCUT2D eigenvalue weighted by Crippen LogP contribution is 2.62. The number of nitrogens with two attached hydrogens (primary N) is 2. The number of aromatic nitrogens is 1. The third kappa shape index (κ3) is 3.84. The van der Waals surface area contributed by atoms with Gasteiger partial charge in [-0.25, -0.2) is 9.37 Å². The average molecular weight is 415 g/mol. The zero-order valence-electron chi connectivity index (χ0n) is 16.8. The van der Waals surface area contributed by atoms with Gasteiger partial charge < -0.3 is 16.4 Å². The zero-order chi connectivity index (χ0) is 21.2. The van der Waals surface area contributed by atoms with Crippen molar-refractivity contribution in [2.24, 2.45) is 16.9 Å². The van der Waals surface area contributed by atoms with Gasteiger partial charge in [-0.2, -0.15) is 13.2 Å². The number of halogens is 4. The lowest BCUT2D eigenvalue weighted by Crippen LogP contribution is -2.63. The first kappa shape index (κ1) is 20.8. The van der Waals surface area contributed by atoms with Crippen molar-refractivity contribution in [3.63, 3.8) is 0 Å². The maximum absolute atomic E-state index is 14.9. The van der Waals surface area contributed by atoms with Crippen molar-refractivity contribution in [3.05, 3.63) is 23.6 Å². The van der Waals surface area contributed by atoms with E-state index in [1.165, 1.54) is 11.0 Å². The van der Waals surface area contributed by atoms with Crippen LogP contribution in [0.1, 0.15) is 45.1 Å². The van der Waals surface area contributed by atoms with E-state index in [0.717, 1.165) is 25.7 Å². The molecule has 2 unspecified atom stereocenters. The molecule has 0 bridgehead atoms. The Labute approximate surface area is 168 Å². The van der Waals surface area contributed by atoms with Crippen LogP contribution in [-0.2, 0) is 5.54 Å². The van der Waals surface area contributed by atoms with E-state index in [9.17, 15) is 17.6 Å². The van der Waals surface area contributed by atoms with E-state index in [-0.39, 0.29) is 29.4 Å². The highest BCUT2D eigenvalue weighted by atomic mass is 19.4. The van der Waals surface area contributed by atoms with Crippen LogP contribution in [0.2, 0.25) is 0 Å². The molecule has 0 radical (unpaired) electrons. The van der Waals surface area contributed by atoms with Crippen molar-refractivity contribution in [1.29, 1.82) is 0 Å². The minimum Gasteiger partial charge on any atom is -0.351 e. The first-order chi connectivity index (χ1) is 13.4. The fourth-order valence-corrected chi connectivity index (χ4v) is 5.82. The fraction of sp³-hybridized carbons (Fsp3) is 0.750. The number of hydrogen-bond donors (Lipinski definition) is 2. The number of nitrogens with zero attached hydrogens (tertiary/aromatic N) is 3. The molecule has 5 nitrogen and oxygen atoms in total. The smallest absolute Gasteiger partial charge is 0.351 e. The minimum atomic E-state index is -4.25. The molecule has 1 aromatic rings. The highest BCUT2D eigenvalue weighted by Gasteiger charge is 2.58. The van der Waals surface area contributed by atoms with Crippen LogP contribution in [0.3, 0.4) is 0 Å². The summed E-state index contributed by atoms with van der Waals surface area (Å²) < 4.78 is 53.4. The Morgan fingerprint density at radius 2 is 1.76 bits per heavy atom. The molecule has 9 heteroatoms. The van der Waals surface area contributed by atoms with Gasteiger partial charge in [0.05, 0.1) is 6.54 Å². The molecule has 0 aromatic carbocycles. The third-order valence-electron chi connectivity index (χ3n) is 6.93. The molecule has 3 aliphatic rings. The van der Waals surface area contributed by atoms with Crippen LogP contribution in [0.5, 0.6) is 0 Å². The van der Waals surface area contributed by atoms with Gasteiger partial charge in [-0.15, -0.1) is 0 Å². The Hall–Kier alpha value is -1.45. The molecule has 162 valence electrons. The van der Waals surface area contributed by atoms with Crippen LogP contribution in [-0.4, -0.2) is 53.8 Å². The lowest BCUT2D eigenvalue weighted by molar-refractivity contribution is -0.156. The van der Waals surface area contributed by atoms with E-state index < -0.39 is 24.1 Å². The van der Waals surface area contributed by atoms with Crippen LogP contribution >= 0.6 is 0 Å². The quantitative estimate of drug-likeness (QED) is 0.743. The van der Waals surface area contributed by atoms with Crippen molar-refractivity contribution in [3.8, 4) is 0 Å². The van der Waals surface area contributed by atoms with E-state index in [1.54, 1.807) is 24.9 Å². The van der Waals surface area contributed by atoms with Gasteiger partial charge in [0.25, 0.3) is 0 Å². The number of hydrogen-bond acceptors (Lipinski definition) is 5. The molecule has 1 aliphatic heterocycles. The molecule has 1 saturated heterocycles. The normalized spacial score (nSPS) is 38.1.